The topological polar surface area (TPSA) is 38.3 Å². The Morgan fingerprint density at radius 2 is 1.79 bits per heavy atom. The van der Waals surface area contributed by atoms with Crippen LogP contribution in [-0.2, 0) is 9.53 Å². The maximum absolute atomic E-state index is 13.1. The first-order valence-electron chi connectivity index (χ1n) is 7.68. The Morgan fingerprint density at radius 3 is 2.21 bits per heavy atom. The van der Waals surface area contributed by atoms with Gasteiger partial charge in [-0.05, 0) is 66.5 Å². The van der Waals surface area contributed by atoms with Crippen LogP contribution < -0.4 is 5.32 Å². The molecule has 0 saturated carbocycles. The van der Waals surface area contributed by atoms with Gasteiger partial charge in [0.2, 0.25) is 0 Å². The zero-order valence-corrected chi connectivity index (χ0v) is 13.1. The predicted octanol–water partition coefficient (Wildman–Crippen LogP) is 2.93. The zero-order chi connectivity index (χ0) is 14.3. The largest absolute Gasteiger partial charge is 0.369 e. The van der Waals surface area contributed by atoms with Crippen molar-refractivity contribution >= 4 is 5.78 Å². The molecule has 3 heteroatoms. The molecule has 110 valence electrons. The fourth-order valence-electron chi connectivity index (χ4n) is 4.02. The molecule has 19 heavy (non-hydrogen) atoms. The Morgan fingerprint density at radius 1 is 1.21 bits per heavy atom. The van der Waals surface area contributed by atoms with Gasteiger partial charge in [0.1, 0.15) is 5.78 Å². The summed E-state index contributed by atoms with van der Waals surface area (Å²) in [6.07, 6.45) is 3.78. The van der Waals surface area contributed by atoms with E-state index in [4.69, 9.17) is 4.74 Å². The Bertz CT molecular complexity index is 354. The van der Waals surface area contributed by atoms with Crippen LogP contribution in [0.15, 0.2) is 0 Å². The van der Waals surface area contributed by atoms with Crippen LogP contribution in [0.5, 0.6) is 0 Å². The van der Waals surface area contributed by atoms with Gasteiger partial charge in [0.05, 0.1) is 11.2 Å². The summed E-state index contributed by atoms with van der Waals surface area (Å²) in [4.78, 5) is 13.1. The summed E-state index contributed by atoms with van der Waals surface area (Å²) in [7, 11) is 0. The highest BCUT2D eigenvalue weighted by Crippen LogP contribution is 2.47. The second-order valence-corrected chi connectivity index (χ2v) is 7.47. The summed E-state index contributed by atoms with van der Waals surface area (Å²) in [5, 5.41) is 3.37. The van der Waals surface area contributed by atoms with E-state index in [1.54, 1.807) is 0 Å². The van der Waals surface area contributed by atoms with Crippen molar-refractivity contribution in [3.8, 4) is 0 Å². The summed E-state index contributed by atoms with van der Waals surface area (Å²) in [5.41, 5.74) is -0.615. The third kappa shape index (κ3) is 2.73. The van der Waals surface area contributed by atoms with Gasteiger partial charge in [-0.15, -0.1) is 0 Å². The van der Waals surface area contributed by atoms with Crippen LogP contribution in [0.2, 0.25) is 0 Å². The molecule has 2 fully saturated rings. The van der Waals surface area contributed by atoms with Crippen molar-refractivity contribution in [3.05, 3.63) is 0 Å². The molecular weight excluding hydrogens is 238 g/mol. The fraction of sp³-hybridized carbons (Fsp3) is 0.938. The van der Waals surface area contributed by atoms with Crippen LogP contribution in [0.25, 0.3) is 0 Å². The number of Topliss-reactive ketones (excluding diaryl/α,β-unsaturated/α-hetero) is 1. The molecule has 2 rings (SSSR count). The molecule has 0 amide bonds. The van der Waals surface area contributed by atoms with Crippen molar-refractivity contribution in [2.24, 2.45) is 11.3 Å². The predicted molar refractivity (Wildman–Crippen MR) is 77.2 cm³/mol. The van der Waals surface area contributed by atoms with Crippen LogP contribution >= 0.6 is 0 Å². The summed E-state index contributed by atoms with van der Waals surface area (Å²) < 4.78 is 6.11. The average Bonchev–Trinajstić information content (AvgIpc) is 2.57. The van der Waals surface area contributed by atoms with E-state index < -0.39 is 0 Å². The Labute approximate surface area is 117 Å². The van der Waals surface area contributed by atoms with Crippen molar-refractivity contribution in [3.63, 3.8) is 0 Å². The monoisotopic (exact) mass is 267 g/mol. The van der Waals surface area contributed by atoms with E-state index in [2.05, 4.69) is 39.9 Å². The quantitative estimate of drug-likeness (QED) is 0.854. The van der Waals surface area contributed by atoms with Gasteiger partial charge in [-0.25, -0.2) is 0 Å². The molecule has 0 bridgehead atoms. The lowest BCUT2D eigenvalue weighted by Gasteiger charge is -2.39. The molecule has 1 N–H and O–H groups in total. The number of carbonyl (C=O) groups excluding carboxylic acids is 1. The van der Waals surface area contributed by atoms with E-state index in [1.807, 2.05) is 0 Å². The van der Waals surface area contributed by atoms with Gasteiger partial charge in [-0.3, -0.25) is 4.79 Å². The van der Waals surface area contributed by atoms with Crippen molar-refractivity contribution < 1.29 is 9.53 Å². The summed E-state index contributed by atoms with van der Waals surface area (Å²) in [5.74, 6) is 0.493. The van der Waals surface area contributed by atoms with Crippen molar-refractivity contribution in [2.45, 2.75) is 71.5 Å². The Hall–Kier alpha value is -0.410. The van der Waals surface area contributed by atoms with E-state index >= 15 is 0 Å². The van der Waals surface area contributed by atoms with Crippen molar-refractivity contribution in [1.82, 2.24) is 5.32 Å². The molecule has 0 aromatic carbocycles. The Balaban J connectivity index is 2.23. The van der Waals surface area contributed by atoms with Crippen LogP contribution in [0, 0.1) is 11.3 Å². The van der Waals surface area contributed by atoms with Crippen LogP contribution in [-0.4, -0.2) is 30.1 Å². The summed E-state index contributed by atoms with van der Waals surface area (Å²) in [6.45, 7) is 12.5. The van der Waals surface area contributed by atoms with Crippen molar-refractivity contribution in [1.29, 1.82) is 0 Å². The minimum atomic E-state index is -0.326. The molecule has 0 spiro atoms. The number of piperidine rings is 1. The highest BCUT2D eigenvalue weighted by molar-refractivity contribution is 5.88. The normalized spacial score (nSPS) is 32.2. The lowest BCUT2D eigenvalue weighted by Crippen LogP contribution is -2.47. The third-order valence-electron chi connectivity index (χ3n) is 5.15. The van der Waals surface area contributed by atoms with Gasteiger partial charge >= 0.3 is 0 Å². The molecule has 0 radical (unpaired) electrons. The number of hydrogen-bond acceptors (Lipinski definition) is 3. The number of rotatable bonds is 3. The maximum atomic E-state index is 13.1. The second kappa shape index (κ2) is 4.85. The lowest BCUT2D eigenvalue weighted by atomic mass is 9.66. The molecule has 2 aliphatic heterocycles. The summed E-state index contributed by atoms with van der Waals surface area (Å²) in [6, 6.07) is 0. The van der Waals surface area contributed by atoms with Gasteiger partial charge in [0.15, 0.2) is 0 Å². The molecular formula is C16H29NO2. The SMILES string of the molecule is CCC1(C(=O)C2CC(C)(C)OC2(C)C)CCNCC1. The first kappa shape index (κ1) is 15.0. The Kier molecular flexibility index (Phi) is 3.83. The molecule has 3 nitrogen and oxygen atoms in total. The molecule has 1 unspecified atom stereocenters. The van der Waals surface area contributed by atoms with E-state index in [-0.39, 0.29) is 22.5 Å². The van der Waals surface area contributed by atoms with Gasteiger partial charge in [-0.2, -0.15) is 0 Å². The minimum absolute atomic E-state index is 0.0422. The second-order valence-electron chi connectivity index (χ2n) is 7.47. The highest BCUT2D eigenvalue weighted by atomic mass is 16.5. The first-order valence-corrected chi connectivity index (χ1v) is 7.68. The number of ether oxygens (including phenoxy) is 1. The van der Waals surface area contributed by atoms with Gasteiger partial charge in [0, 0.05) is 11.3 Å². The fourth-order valence-corrected chi connectivity index (χ4v) is 4.02. The molecule has 2 saturated heterocycles. The number of hydrogen-bond donors (Lipinski definition) is 1. The minimum Gasteiger partial charge on any atom is -0.369 e. The highest BCUT2D eigenvalue weighted by Gasteiger charge is 2.53. The van der Waals surface area contributed by atoms with Crippen LogP contribution in [0.1, 0.15) is 60.3 Å². The molecule has 2 aliphatic rings. The molecule has 0 aromatic heterocycles. The van der Waals surface area contributed by atoms with E-state index in [0.717, 1.165) is 38.8 Å². The molecule has 0 aliphatic carbocycles. The number of nitrogens with one attached hydrogen (secondary N) is 1. The van der Waals surface area contributed by atoms with Gasteiger partial charge in [-0.1, -0.05) is 6.92 Å². The smallest absolute Gasteiger partial charge is 0.145 e. The van der Waals surface area contributed by atoms with E-state index in [0.29, 0.717) is 5.78 Å². The third-order valence-corrected chi connectivity index (χ3v) is 5.15. The summed E-state index contributed by atoms with van der Waals surface area (Å²) >= 11 is 0. The van der Waals surface area contributed by atoms with E-state index in [1.165, 1.54) is 0 Å². The zero-order valence-electron chi connectivity index (χ0n) is 13.1. The standard InChI is InChI=1S/C16H29NO2/c1-6-16(7-9-17-10-8-16)13(18)12-11-14(2,3)19-15(12,4)5/h12,17H,6-11H2,1-5H3. The van der Waals surface area contributed by atoms with Crippen LogP contribution in [0.3, 0.4) is 0 Å². The van der Waals surface area contributed by atoms with E-state index in [9.17, 15) is 4.79 Å². The molecule has 0 aromatic rings. The first-order chi connectivity index (χ1) is 8.72. The van der Waals surface area contributed by atoms with Gasteiger partial charge in [0.25, 0.3) is 0 Å². The van der Waals surface area contributed by atoms with Gasteiger partial charge < -0.3 is 10.1 Å². The van der Waals surface area contributed by atoms with Crippen molar-refractivity contribution in [2.75, 3.05) is 13.1 Å². The number of carbonyl (C=O) groups is 1. The molecule has 1 atom stereocenters. The number of ketones is 1. The molecule has 2 heterocycles. The lowest BCUT2D eigenvalue weighted by molar-refractivity contribution is -0.141. The van der Waals surface area contributed by atoms with Crippen LogP contribution in [0.4, 0.5) is 0 Å². The maximum Gasteiger partial charge on any atom is 0.145 e. The average molecular weight is 267 g/mol.